The summed E-state index contributed by atoms with van der Waals surface area (Å²) in [6.07, 6.45) is 6.63. The van der Waals surface area contributed by atoms with E-state index in [9.17, 15) is 9.90 Å². The number of nitrogens with zero attached hydrogens (tertiary/aromatic N) is 4. The van der Waals surface area contributed by atoms with Crippen LogP contribution in [0, 0.1) is 17.3 Å². The monoisotopic (exact) mass is 338 g/mol. The molecule has 4 fully saturated rings. The molecular weight excluding hydrogens is 316 g/mol. The van der Waals surface area contributed by atoms with Crippen molar-refractivity contribution in [2.75, 3.05) is 0 Å². The van der Waals surface area contributed by atoms with E-state index >= 15 is 0 Å². The molecule has 6 nitrogen and oxygen atoms in total. The standard InChI is InChI=1S/C19H22N4O2/c24-16(25)11-18-7-13-6-14(8-18)10-19(9-13,12-18)23-21-17(20-22-23)15-4-2-1-3-5-15/h1-5,13-14H,6-12H2,(H,24,25). The number of aliphatic carboxylic acids is 1. The third-order valence-electron chi connectivity index (χ3n) is 6.55. The summed E-state index contributed by atoms with van der Waals surface area (Å²) in [4.78, 5) is 13.3. The Hall–Kier alpha value is -2.24. The zero-order valence-electron chi connectivity index (χ0n) is 14.1. The van der Waals surface area contributed by atoms with Gasteiger partial charge in [-0.05, 0) is 61.0 Å². The average molecular weight is 338 g/mol. The molecule has 2 unspecified atom stereocenters. The summed E-state index contributed by atoms with van der Waals surface area (Å²) in [5.74, 6) is 1.19. The van der Waals surface area contributed by atoms with E-state index in [0.29, 0.717) is 17.7 Å². The molecule has 0 radical (unpaired) electrons. The molecule has 1 aromatic heterocycles. The minimum absolute atomic E-state index is 0.0730. The van der Waals surface area contributed by atoms with Crippen LogP contribution in [0.4, 0.5) is 0 Å². The number of benzene rings is 1. The molecule has 1 aromatic carbocycles. The molecule has 0 spiro atoms. The van der Waals surface area contributed by atoms with Crippen molar-refractivity contribution in [3.8, 4) is 11.4 Å². The van der Waals surface area contributed by atoms with E-state index in [1.165, 1.54) is 6.42 Å². The Morgan fingerprint density at radius 1 is 1.16 bits per heavy atom. The van der Waals surface area contributed by atoms with Crippen molar-refractivity contribution in [3.05, 3.63) is 30.3 Å². The second kappa shape index (κ2) is 5.13. The van der Waals surface area contributed by atoms with Crippen LogP contribution in [0.5, 0.6) is 0 Å². The first-order chi connectivity index (χ1) is 12.1. The summed E-state index contributed by atoms with van der Waals surface area (Å²) in [5, 5.41) is 22.9. The lowest BCUT2D eigenvalue weighted by Gasteiger charge is -2.61. The molecule has 2 aromatic rings. The van der Waals surface area contributed by atoms with Gasteiger partial charge in [0.1, 0.15) is 0 Å². The number of carbonyl (C=O) groups is 1. The number of aromatic nitrogens is 4. The van der Waals surface area contributed by atoms with Crippen molar-refractivity contribution in [1.82, 2.24) is 20.2 Å². The molecule has 1 heterocycles. The van der Waals surface area contributed by atoms with Crippen LogP contribution < -0.4 is 0 Å². The molecule has 130 valence electrons. The Labute approximate surface area is 146 Å². The zero-order chi connectivity index (χ0) is 17.1. The predicted octanol–water partition coefficient (Wildman–Crippen LogP) is 3.11. The van der Waals surface area contributed by atoms with Gasteiger partial charge in [0.25, 0.3) is 0 Å². The topological polar surface area (TPSA) is 80.9 Å². The molecule has 2 atom stereocenters. The van der Waals surface area contributed by atoms with Crippen molar-refractivity contribution in [3.63, 3.8) is 0 Å². The van der Waals surface area contributed by atoms with Gasteiger partial charge in [0.05, 0.1) is 12.0 Å². The van der Waals surface area contributed by atoms with Crippen LogP contribution in [-0.2, 0) is 10.3 Å². The Kier molecular flexibility index (Phi) is 3.09. The summed E-state index contributed by atoms with van der Waals surface area (Å²) in [6, 6.07) is 9.91. The molecule has 4 bridgehead atoms. The number of carboxylic acid groups (broad SMARTS) is 1. The minimum Gasteiger partial charge on any atom is -0.481 e. The van der Waals surface area contributed by atoms with Gasteiger partial charge in [-0.2, -0.15) is 4.80 Å². The number of carboxylic acids is 1. The molecule has 1 N–H and O–H groups in total. The van der Waals surface area contributed by atoms with Gasteiger partial charge in [-0.3, -0.25) is 4.79 Å². The summed E-state index contributed by atoms with van der Waals surface area (Å²) in [7, 11) is 0. The number of hydrogen-bond donors (Lipinski definition) is 1. The van der Waals surface area contributed by atoms with Crippen LogP contribution in [0.15, 0.2) is 30.3 Å². The first-order valence-electron chi connectivity index (χ1n) is 9.14. The summed E-state index contributed by atoms with van der Waals surface area (Å²) in [5.41, 5.74) is 0.759. The lowest BCUT2D eigenvalue weighted by atomic mass is 9.46. The van der Waals surface area contributed by atoms with Crippen LogP contribution in [0.1, 0.15) is 44.9 Å². The quantitative estimate of drug-likeness (QED) is 0.926. The van der Waals surface area contributed by atoms with Crippen molar-refractivity contribution in [2.24, 2.45) is 17.3 Å². The lowest BCUT2D eigenvalue weighted by molar-refractivity contribution is -0.152. The van der Waals surface area contributed by atoms with Gasteiger partial charge in [-0.1, -0.05) is 30.3 Å². The second-order valence-electron chi connectivity index (χ2n) is 8.52. The van der Waals surface area contributed by atoms with Crippen LogP contribution in [-0.4, -0.2) is 31.3 Å². The van der Waals surface area contributed by atoms with E-state index in [1.54, 1.807) is 0 Å². The van der Waals surface area contributed by atoms with Crippen molar-refractivity contribution >= 4 is 5.97 Å². The van der Waals surface area contributed by atoms with Gasteiger partial charge in [-0.15, -0.1) is 10.2 Å². The van der Waals surface area contributed by atoms with Crippen LogP contribution in [0.3, 0.4) is 0 Å². The van der Waals surface area contributed by atoms with Gasteiger partial charge < -0.3 is 5.11 Å². The minimum atomic E-state index is -0.673. The Balaban J connectivity index is 1.51. The SMILES string of the molecule is O=C(O)CC12CC3CC(C1)CC(n1nnc(-c4ccccc4)n1)(C3)C2. The van der Waals surface area contributed by atoms with E-state index in [2.05, 4.69) is 10.3 Å². The molecule has 4 saturated carbocycles. The highest BCUT2D eigenvalue weighted by molar-refractivity contribution is 5.68. The lowest BCUT2D eigenvalue weighted by Crippen LogP contribution is -2.57. The highest BCUT2D eigenvalue weighted by Gasteiger charge is 2.60. The molecule has 6 heteroatoms. The van der Waals surface area contributed by atoms with Gasteiger partial charge in [-0.25, -0.2) is 0 Å². The fraction of sp³-hybridized carbons (Fsp3) is 0.579. The largest absolute Gasteiger partial charge is 0.481 e. The van der Waals surface area contributed by atoms with Crippen molar-refractivity contribution < 1.29 is 9.90 Å². The molecule has 0 aliphatic heterocycles. The summed E-state index contributed by atoms with van der Waals surface area (Å²) in [6.45, 7) is 0. The number of rotatable bonds is 4. The smallest absolute Gasteiger partial charge is 0.303 e. The maximum Gasteiger partial charge on any atom is 0.303 e. The Morgan fingerprint density at radius 2 is 1.88 bits per heavy atom. The molecular formula is C19H22N4O2. The molecule has 0 amide bonds. The third-order valence-corrected chi connectivity index (χ3v) is 6.55. The highest BCUT2D eigenvalue weighted by atomic mass is 16.4. The van der Waals surface area contributed by atoms with Gasteiger partial charge in [0.2, 0.25) is 5.82 Å². The highest BCUT2D eigenvalue weighted by Crippen LogP contribution is 2.65. The normalized spacial score (nSPS) is 35.8. The Morgan fingerprint density at radius 3 is 2.56 bits per heavy atom. The van der Waals surface area contributed by atoms with Gasteiger partial charge in [0.15, 0.2) is 0 Å². The fourth-order valence-electron chi connectivity index (χ4n) is 6.28. The molecule has 6 rings (SSSR count). The molecule has 25 heavy (non-hydrogen) atoms. The maximum absolute atomic E-state index is 11.5. The average Bonchev–Trinajstić information content (AvgIpc) is 3.04. The van der Waals surface area contributed by atoms with E-state index in [1.807, 2.05) is 35.1 Å². The van der Waals surface area contributed by atoms with Crippen LogP contribution in [0.25, 0.3) is 11.4 Å². The van der Waals surface area contributed by atoms with E-state index in [0.717, 1.165) is 37.7 Å². The van der Waals surface area contributed by atoms with Crippen molar-refractivity contribution in [2.45, 2.75) is 50.5 Å². The van der Waals surface area contributed by atoms with Crippen molar-refractivity contribution in [1.29, 1.82) is 0 Å². The van der Waals surface area contributed by atoms with Gasteiger partial charge in [0, 0.05) is 5.56 Å². The van der Waals surface area contributed by atoms with E-state index in [-0.39, 0.29) is 17.4 Å². The molecule has 4 aliphatic rings. The van der Waals surface area contributed by atoms with E-state index < -0.39 is 5.97 Å². The molecule has 0 saturated heterocycles. The van der Waals surface area contributed by atoms with E-state index in [4.69, 9.17) is 5.10 Å². The van der Waals surface area contributed by atoms with Gasteiger partial charge >= 0.3 is 5.97 Å². The molecule has 4 aliphatic carbocycles. The first kappa shape index (κ1) is 15.0. The predicted molar refractivity (Wildman–Crippen MR) is 90.6 cm³/mol. The first-order valence-corrected chi connectivity index (χ1v) is 9.14. The number of hydrogen-bond acceptors (Lipinski definition) is 4. The Bertz CT molecular complexity index is 802. The fourth-order valence-corrected chi connectivity index (χ4v) is 6.28. The maximum atomic E-state index is 11.5. The third kappa shape index (κ3) is 2.38. The summed E-state index contributed by atoms with van der Waals surface area (Å²) >= 11 is 0. The van der Waals surface area contributed by atoms with Crippen LogP contribution in [0.2, 0.25) is 0 Å². The second-order valence-corrected chi connectivity index (χ2v) is 8.52. The van der Waals surface area contributed by atoms with Crippen LogP contribution >= 0.6 is 0 Å². The summed E-state index contributed by atoms with van der Waals surface area (Å²) < 4.78 is 0. The zero-order valence-corrected chi connectivity index (χ0v) is 14.1. The number of tetrazole rings is 1.